The van der Waals surface area contributed by atoms with Crippen LogP contribution in [0.2, 0.25) is 0 Å². The van der Waals surface area contributed by atoms with E-state index in [1.807, 2.05) is 18.2 Å². The average Bonchev–Trinajstić information content (AvgIpc) is 2.84. The van der Waals surface area contributed by atoms with Crippen molar-refractivity contribution >= 4 is 17.0 Å². The Labute approximate surface area is 112 Å². The van der Waals surface area contributed by atoms with Crippen LogP contribution >= 0.6 is 11.3 Å². The number of methoxy groups -OCH3 is 1. The van der Waals surface area contributed by atoms with E-state index in [2.05, 4.69) is 29.5 Å². The molecule has 0 aliphatic heterocycles. The lowest BCUT2D eigenvalue weighted by atomic mass is 10.1. The predicted octanol–water partition coefficient (Wildman–Crippen LogP) is 2.97. The molecule has 18 heavy (non-hydrogen) atoms. The SMILES string of the molecule is COc1ccc(N)c(CN(C)Cc2cccs2)c1. The van der Waals surface area contributed by atoms with Crippen LogP contribution in [-0.4, -0.2) is 19.1 Å². The lowest BCUT2D eigenvalue weighted by molar-refractivity contribution is 0.321. The van der Waals surface area contributed by atoms with Gasteiger partial charge in [0.2, 0.25) is 0 Å². The maximum atomic E-state index is 5.99. The third kappa shape index (κ3) is 3.24. The van der Waals surface area contributed by atoms with E-state index in [9.17, 15) is 0 Å². The number of nitrogens with zero attached hydrogens (tertiary/aromatic N) is 1. The van der Waals surface area contributed by atoms with Crippen molar-refractivity contribution in [1.82, 2.24) is 4.90 Å². The molecule has 0 saturated carbocycles. The molecule has 4 heteroatoms. The minimum absolute atomic E-state index is 0.814. The molecule has 2 N–H and O–H groups in total. The molecule has 2 rings (SSSR count). The van der Waals surface area contributed by atoms with Crippen molar-refractivity contribution in [2.45, 2.75) is 13.1 Å². The first-order chi connectivity index (χ1) is 8.69. The highest BCUT2D eigenvalue weighted by Gasteiger charge is 2.06. The van der Waals surface area contributed by atoms with Crippen molar-refractivity contribution in [1.29, 1.82) is 0 Å². The van der Waals surface area contributed by atoms with Crippen molar-refractivity contribution < 1.29 is 4.74 Å². The Kier molecular flexibility index (Phi) is 4.23. The Hall–Kier alpha value is -1.52. The molecule has 1 aromatic carbocycles. The molecular weight excluding hydrogens is 244 g/mol. The lowest BCUT2D eigenvalue weighted by Crippen LogP contribution is -2.17. The number of anilines is 1. The van der Waals surface area contributed by atoms with Gasteiger partial charge >= 0.3 is 0 Å². The van der Waals surface area contributed by atoms with Gasteiger partial charge in [0.05, 0.1) is 7.11 Å². The number of benzene rings is 1. The van der Waals surface area contributed by atoms with Gasteiger partial charge in [-0.3, -0.25) is 4.90 Å². The fourth-order valence-corrected chi connectivity index (χ4v) is 2.65. The van der Waals surface area contributed by atoms with E-state index in [-0.39, 0.29) is 0 Å². The number of rotatable bonds is 5. The van der Waals surface area contributed by atoms with Crippen LogP contribution in [0.3, 0.4) is 0 Å². The molecule has 96 valence electrons. The van der Waals surface area contributed by atoms with Gasteiger partial charge in [-0.1, -0.05) is 6.07 Å². The summed E-state index contributed by atoms with van der Waals surface area (Å²) >= 11 is 1.78. The van der Waals surface area contributed by atoms with Crippen molar-refractivity contribution in [2.75, 3.05) is 19.9 Å². The summed E-state index contributed by atoms with van der Waals surface area (Å²) in [6.07, 6.45) is 0. The van der Waals surface area contributed by atoms with E-state index in [0.717, 1.165) is 30.1 Å². The maximum Gasteiger partial charge on any atom is 0.119 e. The quantitative estimate of drug-likeness (QED) is 0.842. The third-order valence-electron chi connectivity index (χ3n) is 2.80. The normalized spacial score (nSPS) is 10.8. The average molecular weight is 262 g/mol. The summed E-state index contributed by atoms with van der Waals surface area (Å²) in [5.74, 6) is 0.851. The van der Waals surface area contributed by atoms with E-state index < -0.39 is 0 Å². The van der Waals surface area contributed by atoms with Gasteiger partial charge in [0.1, 0.15) is 5.75 Å². The molecule has 0 saturated heterocycles. The largest absolute Gasteiger partial charge is 0.497 e. The number of hydrogen-bond donors (Lipinski definition) is 1. The molecule has 0 fully saturated rings. The van der Waals surface area contributed by atoms with E-state index >= 15 is 0 Å². The summed E-state index contributed by atoms with van der Waals surface area (Å²) < 4.78 is 5.23. The molecule has 0 bridgehead atoms. The molecule has 0 spiro atoms. The molecule has 0 aliphatic rings. The Morgan fingerprint density at radius 2 is 2.11 bits per heavy atom. The van der Waals surface area contributed by atoms with Gasteiger partial charge in [-0.2, -0.15) is 0 Å². The summed E-state index contributed by atoms with van der Waals surface area (Å²) in [5, 5.41) is 2.10. The van der Waals surface area contributed by atoms with Gasteiger partial charge in [0.25, 0.3) is 0 Å². The minimum Gasteiger partial charge on any atom is -0.497 e. The molecule has 0 unspecified atom stereocenters. The Bertz CT molecular complexity index is 497. The van der Waals surface area contributed by atoms with Gasteiger partial charge in [0.15, 0.2) is 0 Å². The molecule has 0 amide bonds. The van der Waals surface area contributed by atoms with E-state index in [1.54, 1.807) is 18.4 Å². The van der Waals surface area contributed by atoms with Crippen molar-refractivity contribution in [3.8, 4) is 5.75 Å². The van der Waals surface area contributed by atoms with Crippen molar-refractivity contribution in [3.63, 3.8) is 0 Å². The fourth-order valence-electron chi connectivity index (χ4n) is 1.86. The second-order valence-corrected chi connectivity index (χ2v) is 5.35. The summed E-state index contributed by atoms with van der Waals surface area (Å²) in [4.78, 5) is 3.61. The van der Waals surface area contributed by atoms with E-state index in [0.29, 0.717) is 0 Å². The standard InChI is InChI=1S/C14H18N2OS/c1-16(10-13-4-3-7-18-13)9-11-8-12(17-2)5-6-14(11)15/h3-8H,9-10,15H2,1-2H3. The first-order valence-electron chi connectivity index (χ1n) is 5.82. The van der Waals surface area contributed by atoms with Crippen LogP contribution in [0.4, 0.5) is 5.69 Å². The second kappa shape index (κ2) is 5.89. The number of nitrogens with two attached hydrogens (primary N) is 1. The van der Waals surface area contributed by atoms with Gasteiger partial charge < -0.3 is 10.5 Å². The molecule has 3 nitrogen and oxygen atoms in total. The lowest BCUT2D eigenvalue weighted by Gasteiger charge is -2.17. The van der Waals surface area contributed by atoms with E-state index in [4.69, 9.17) is 10.5 Å². The smallest absolute Gasteiger partial charge is 0.119 e. The maximum absolute atomic E-state index is 5.99. The van der Waals surface area contributed by atoms with Crippen molar-refractivity contribution in [2.24, 2.45) is 0 Å². The van der Waals surface area contributed by atoms with Crippen LogP contribution in [-0.2, 0) is 13.1 Å². The zero-order chi connectivity index (χ0) is 13.0. The highest BCUT2D eigenvalue weighted by Crippen LogP contribution is 2.21. The van der Waals surface area contributed by atoms with Crippen LogP contribution in [0.15, 0.2) is 35.7 Å². The van der Waals surface area contributed by atoms with Crippen LogP contribution in [0.1, 0.15) is 10.4 Å². The van der Waals surface area contributed by atoms with Crippen LogP contribution in [0, 0.1) is 0 Å². The summed E-state index contributed by atoms with van der Waals surface area (Å²) in [6.45, 7) is 1.76. The zero-order valence-corrected chi connectivity index (χ0v) is 11.5. The summed E-state index contributed by atoms with van der Waals surface area (Å²) in [6, 6.07) is 10.0. The highest BCUT2D eigenvalue weighted by atomic mass is 32.1. The van der Waals surface area contributed by atoms with E-state index in [1.165, 1.54) is 4.88 Å². The molecule has 2 aromatic rings. The number of nitrogen functional groups attached to an aromatic ring is 1. The van der Waals surface area contributed by atoms with Crippen LogP contribution < -0.4 is 10.5 Å². The second-order valence-electron chi connectivity index (χ2n) is 4.32. The first-order valence-corrected chi connectivity index (χ1v) is 6.70. The van der Waals surface area contributed by atoms with Gasteiger partial charge in [0, 0.05) is 23.7 Å². The van der Waals surface area contributed by atoms with Crippen molar-refractivity contribution in [3.05, 3.63) is 46.2 Å². The van der Waals surface area contributed by atoms with Gasteiger partial charge in [-0.15, -0.1) is 11.3 Å². The molecule has 0 radical (unpaired) electrons. The molecule has 1 heterocycles. The molecule has 1 aromatic heterocycles. The number of hydrogen-bond acceptors (Lipinski definition) is 4. The molecular formula is C14H18N2OS. The number of thiophene rings is 1. The number of ether oxygens (including phenoxy) is 1. The van der Waals surface area contributed by atoms with Crippen LogP contribution in [0.25, 0.3) is 0 Å². The summed E-state index contributed by atoms with van der Waals surface area (Å²) in [5.41, 5.74) is 7.90. The van der Waals surface area contributed by atoms with Crippen LogP contribution in [0.5, 0.6) is 5.75 Å². The van der Waals surface area contributed by atoms with Gasteiger partial charge in [-0.25, -0.2) is 0 Å². The monoisotopic (exact) mass is 262 g/mol. The Balaban J connectivity index is 2.04. The Morgan fingerprint density at radius 3 is 2.78 bits per heavy atom. The predicted molar refractivity (Wildman–Crippen MR) is 76.9 cm³/mol. The minimum atomic E-state index is 0.814. The van der Waals surface area contributed by atoms with Gasteiger partial charge in [-0.05, 0) is 42.3 Å². The summed E-state index contributed by atoms with van der Waals surface area (Å²) in [7, 11) is 3.77. The third-order valence-corrected chi connectivity index (χ3v) is 3.66. The topological polar surface area (TPSA) is 38.5 Å². The Morgan fingerprint density at radius 1 is 1.28 bits per heavy atom. The first kappa shape index (κ1) is 12.9. The molecule has 0 aliphatic carbocycles. The zero-order valence-electron chi connectivity index (χ0n) is 10.7. The highest BCUT2D eigenvalue weighted by molar-refractivity contribution is 7.09. The fraction of sp³-hybridized carbons (Fsp3) is 0.286. The molecule has 0 atom stereocenters.